The minimum atomic E-state index is -0.402. The van der Waals surface area contributed by atoms with Crippen molar-refractivity contribution >= 4 is 24.3 Å². The summed E-state index contributed by atoms with van der Waals surface area (Å²) in [5.74, 6) is -0.124. The molecule has 0 bridgehead atoms. The number of nitrogens with zero attached hydrogens (tertiary/aromatic N) is 1. The molecule has 4 heteroatoms. The SMILES string of the molecule is CC.CC(=O)C(C)N(Cc1ccccc1S)C(C)=O. The molecule has 106 valence electrons. The van der Waals surface area contributed by atoms with E-state index in [4.69, 9.17) is 0 Å². The summed E-state index contributed by atoms with van der Waals surface area (Å²) in [6, 6.07) is 7.16. The highest BCUT2D eigenvalue weighted by atomic mass is 32.1. The van der Waals surface area contributed by atoms with Gasteiger partial charge in [0.25, 0.3) is 0 Å². The number of amides is 1. The van der Waals surface area contributed by atoms with Gasteiger partial charge in [-0.25, -0.2) is 0 Å². The molecule has 19 heavy (non-hydrogen) atoms. The van der Waals surface area contributed by atoms with E-state index in [9.17, 15) is 9.59 Å². The minimum absolute atomic E-state index is 0.0168. The lowest BCUT2D eigenvalue weighted by Gasteiger charge is -2.26. The molecule has 3 nitrogen and oxygen atoms in total. The number of benzene rings is 1. The molecule has 1 aromatic rings. The normalized spacial score (nSPS) is 11.1. The topological polar surface area (TPSA) is 37.4 Å². The number of carbonyl (C=O) groups excluding carboxylic acids is 2. The van der Waals surface area contributed by atoms with Crippen LogP contribution in [0.15, 0.2) is 29.2 Å². The average Bonchev–Trinajstić information content (AvgIpc) is 2.39. The summed E-state index contributed by atoms with van der Waals surface area (Å²) in [5.41, 5.74) is 0.944. The number of ketones is 1. The monoisotopic (exact) mass is 281 g/mol. The zero-order valence-electron chi connectivity index (χ0n) is 12.3. The molecule has 0 aliphatic carbocycles. The van der Waals surface area contributed by atoms with Crippen molar-refractivity contribution in [2.75, 3.05) is 0 Å². The molecular weight excluding hydrogens is 258 g/mol. The maximum Gasteiger partial charge on any atom is 0.220 e. The number of hydrogen-bond acceptors (Lipinski definition) is 3. The third kappa shape index (κ3) is 5.47. The van der Waals surface area contributed by atoms with Gasteiger partial charge in [-0.1, -0.05) is 32.0 Å². The Hall–Kier alpha value is -1.29. The molecule has 1 amide bonds. The van der Waals surface area contributed by atoms with E-state index in [-0.39, 0.29) is 11.7 Å². The molecule has 1 aromatic carbocycles. The Bertz CT molecular complexity index is 432. The van der Waals surface area contributed by atoms with Crippen LogP contribution in [-0.2, 0) is 16.1 Å². The first-order valence-corrected chi connectivity index (χ1v) is 6.92. The van der Waals surface area contributed by atoms with Crippen LogP contribution in [-0.4, -0.2) is 22.6 Å². The fourth-order valence-electron chi connectivity index (χ4n) is 1.57. The second-order valence-corrected chi connectivity index (χ2v) is 4.54. The van der Waals surface area contributed by atoms with E-state index in [1.54, 1.807) is 11.8 Å². The molecule has 1 atom stereocenters. The van der Waals surface area contributed by atoms with Crippen molar-refractivity contribution in [1.29, 1.82) is 0 Å². The van der Waals surface area contributed by atoms with Gasteiger partial charge in [0.15, 0.2) is 5.78 Å². The van der Waals surface area contributed by atoms with Crippen molar-refractivity contribution in [1.82, 2.24) is 4.90 Å². The van der Waals surface area contributed by atoms with Crippen LogP contribution in [0.25, 0.3) is 0 Å². The van der Waals surface area contributed by atoms with Crippen molar-refractivity contribution in [3.8, 4) is 0 Å². The van der Waals surface area contributed by atoms with Crippen LogP contribution >= 0.6 is 12.6 Å². The Morgan fingerprint density at radius 3 is 2.16 bits per heavy atom. The van der Waals surface area contributed by atoms with Crippen LogP contribution in [0, 0.1) is 0 Å². The minimum Gasteiger partial charge on any atom is -0.329 e. The van der Waals surface area contributed by atoms with Crippen molar-refractivity contribution in [3.05, 3.63) is 29.8 Å². The van der Waals surface area contributed by atoms with Gasteiger partial charge in [-0.15, -0.1) is 12.6 Å². The maximum atomic E-state index is 11.6. The van der Waals surface area contributed by atoms with E-state index in [2.05, 4.69) is 12.6 Å². The van der Waals surface area contributed by atoms with Gasteiger partial charge in [0.2, 0.25) is 5.91 Å². The van der Waals surface area contributed by atoms with Crippen LogP contribution in [0.5, 0.6) is 0 Å². The Labute approximate surface area is 121 Å². The van der Waals surface area contributed by atoms with Crippen LogP contribution in [0.1, 0.15) is 40.2 Å². The summed E-state index contributed by atoms with van der Waals surface area (Å²) in [4.78, 5) is 25.3. The first-order chi connectivity index (χ1) is 8.93. The maximum absolute atomic E-state index is 11.6. The molecule has 0 aliphatic heterocycles. The number of hydrogen-bond donors (Lipinski definition) is 1. The molecule has 0 saturated carbocycles. The molecule has 0 heterocycles. The van der Waals surface area contributed by atoms with Crippen molar-refractivity contribution in [2.24, 2.45) is 0 Å². The largest absolute Gasteiger partial charge is 0.329 e. The summed E-state index contributed by atoms with van der Waals surface area (Å²) >= 11 is 4.34. The summed E-state index contributed by atoms with van der Waals surface area (Å²) in [6.07, 6.45) is 0. The van der Waals surface area contributed by atoms with Gasteiger partial charge >= 0.3 is 0 Å². The van der Waals surface area contributed by atoms with Crippen LogP contribution in [0.3, 0.4) is 0 Å². The van der Waals surface area contributed by atoms with Gasteiger partial charge < -0.3 is 4.90 Å². The summed E-state index contributed by atoms with van der Waals surface area (Å²) in [7, 11) is 0. The number of rotatable bonds is 4. The van der Waals surface area contributed by atoms with E-state index >= 15 is 0 Å². The van der Waals surface area contributed by atoms with E-state index in [1.165, 1.54) is 13.8 Å². The average molecular weight is 281 g/mol. The van der Waals surface area contributed by atoms with Crippen molar-refractivity contribution in [3.63, 3.8) is 0 Å². The van der Waals surface area contributed by atoms with Gasteiger partial charge in [-0.2, -0.15) is 0 Å². The number of thiol groups is 1. The molecule has 0 spiro atoms. The Morgan fingerprint density at radius 2 is 1.74 bits per heavy atom. The van der Waals surface area contributed by atoms with E-state index in [1.807, 2.05) is 38.1 Å². The van der Waals surface area contributed by atoms with Crippen LogP contribution < -0.4 is 0 Å². The molecule has 0 N–H and O–H groups in total. The fraction of sp³-hybridized carbons (Fsp3) is 0.467. The van der Waals surface area contributed by atoms with Crippen molar-refractivity contribution in [2.45, 2.75) is 52.1 Å². The van der Waals surface area contributed by atoms with Gasteiger partial charge in [0.1, 0.15) is 0 Å². The Balaban J connectivity index is 0.00000154. The standard InChI is InChI=1S/C13H17NO2S.C2H6/c1-9(10(2)15)14(11(3)16)8-12-6-4-5-7-13(12)17;1-2/h4-7,9,17H,8H2,1-3H3;1-2H3. The number of carbonyl (C=O) groups is 2. The second kappa shape index (κ2) is 8.75. The molecule has 0 aliphatic rings. The highest BCUT2D eigenvalue weighted by molar-refractivity contribution is 7.80. The lowest BCUT2D eigenvalue weighted by molar-refractivity contribution is -0.137. The van der Waals surface area contributed by atoms with Gasteiger partial charge in [0, 0.05) is 18.4 Å². The predicted octanol–water partition coefficient (Wildman–Crippen LogP) is 3.33. The predicted molar refractivity (Wildman–Crippen MR) is 81.4 cm³/mol. The quantitative estimate of drug-likeness (QED) is 0.860. The summed E-state index contributed by atoms with van der Waals surface area (Å²) < 4.78 is 0. The lowest BCUT2D eigenvalue weighted by Crippen LogP contribution is -2.40. The zero-order chi connectivity index (χ0) is 15.0. The lowest BCUT2D eigenvalue weighted by atomic mass is 10.1. The molecule has 0 fully saturated rings. The molecule has 0 saturated heterocycles. The Morgan fingerprint density at radius 1 is 1.21 bits per heavy atom. The van der Waals surface area contributed by atoms with Gasteiger partial charge in [-0.3, -0.25) is 9.59 Å². The summed E-state index contributed by atoms with van der Waals surface area (Å²) in [5, 5.41) is 0. The van der Waals surface area contributed by atoms with E-state index in [0.29, 0.717) is 6.54 Å². The highest BCUT2D eigenvalue weighted by Crippen LogP contribution is 2.17. The second-order valence-electron chi connectivity index (χ2n) is 4.06. The van der Waals surface area contributed by atoms with E-state index < -0.39 is 6.04 Å². The molecule has 1 unspecified atom stereocenters. The number of Topliss-reactive ketones (excluding diaryl/α,β-unsaturated/α-hetero) is 1. The fourth-order valence-corrected chi connectivity index (χ4v) is 1.80. The molecular formula is C15H23NO2S. The molecule has 0 aromatic heterocycles. The Kier molecular flexibility index (Phi) is 8.16. The summed E-state index contributed by atoms with van der Waals surface area (Å²) in [6.45, 7) is 9.12. The van der Waals surface area contributed by atoms with E-state index in [0.717, 1.165) is 10.5 Å². The molecule has 0 radical (unpaired) electrons. The highest BCUT2D eigenvalue weighted by Gasteiger charge is 2.21. The van der Waals surface area contributed by atoms with Crippen LogP contribution in [0.4, 0.5) is 0 Å². The zero-order valence-corrected chi connectivity index (χ0v) is 13.2. The van der Waals surface area contributed by atoms with Crippen LogP contribution in [0.2, 0.25) is 0 Å². The first-order valence-electron chi connectivity index (χ1n) is 6.48. The van der Waals surface area contributed by atoms with Crippen molar-refractivity contribution < 1.29 is 9.59 Å². The van der Waals surface area contributed by atoms with Gasteiger partial charge in [0.05, 0.1) is 6.04 Å². The van der Waals surface area contributed by atoms with Gasteiger partial charge in [-0.05, 0) is 25.5 Å². The first kappa shape index (κ1) is 17.7. The smallest absolute Gasteiger partial charge is 0.220 e. The third-order valence-electron chi connectivity index (χ3n) is 2.79. The molecule has 1 rings (SSSR count). The third-order valence-corrected chi connectivity index (χ3v) is 3.23.